The van der Waals surface area contributed by atoms with Crippen molar-refractivity contribution in [2.24, 2.45) is 0 Å². The summed E-state index contributed by atoms with van der Waals surface area (Å²) in [6.45, 7) is 2.44. The fraction of sp³-hybridized carbons (Fsp3) is 0.200. The van der Waals surface area contributed by atoms with Gasteiger partial charge in [-0.05, 0) is 35.7 Å². The van der Waals surface area contributed by atoms with E-state index in [1.54, 1.807) is 12.5 Å². The van der Waals surface area contributed by atoms with Gasteiger partial charge in [0.05, 0.1) is 11.0 Å². The lowest BCUT2D eigenvalue weighted by atomic mass is 10.0. The van der Waals surface area contributed by atoms with E-state index in [9.17, 15) is 9.59 Å². The number of nitrogens with one attached hydrogen (secondary N) is 1. The number of para-hydroxylation sites is 2. The van der Waals surface area contributed by atoms with Crippen LogP contribution in [-0.4, -0.2) is 26.2 Å². The second-order valence-corrected chi connectivity index (χ2v) is 7.38. The first-order valence-electron chi connectivity index (χ1n) is 10.4. The number of aromatic nitrogens is 3. The number of rotatable bonds is 8. The lowest BCUT2D eigenvalue weighted by Gasteiger charge is -2.07. The maximum atomic E-state index is 12.3. The fourth-order valence-electron chi connectivity index (χ4n) is 3.39. The van der Waals surface area contributed by atoms with E-state index in [1.165, 1.54) is 5.56 Å². The molecule has 0 radical (unpaired) electrons. The molecule has 156 valence electrons. The number of amides is 1. The number of Topliss-reactive ketones (excluding diaryl/α,β-unsaturated/α-hetero) is 1. The van der Waals surface area contributed by atoms with Crippen molar-refractivity contribution in [2.75, 3.05) is 0 Å². The maximum absolute atomic E-state index is 12.3. The Morgan fingerprint density at radius 3 is 2.42 bits per heavy atom. The van der Waals surface area contributed by atoms with E-state index < -0.39 is 0 Å². The van der Waals surface area contributed by atoms with Gasteiger partial charge in [0.15, 0.2) is 5.78 Å². The summed E-state index contributed by atoms with van der Waals surface area (Å²) in [7, 11) is 0. The van der Waals surface area contributed by atoms with E-state index in [4.69, 9.17) is 0 Å². The van der Waals surface area contributed by atoms with Gasteiger partial charge in [0.1, 0.15) is 12.1 Å². The molecule has 0 atom stereocenters. The largest absolute Gasteiger partial charge is 0.352 e. The van der Waals surface area contributed by atoms with Crippen molar-refractivity contribution >= 4 is 22.7 Å². The molecule has 0 aliphatic heterocycles. The van der Waals surface area contributed by atoms with Gasteiger partial charge in [-0.2, -0.15) is 0 Å². The number of aryl methyl sites for hydroxylation is 1. The number of hydrogen-bond donors (Lipinski definition) is 1. The van der Waals surface area contributed by atoms with E-state index in [0.29, 0.717) is 12.1 Å². The van der Waals surface area contributed by atoms with Crippen LogP contribution in [0.1, 0.15) is 41.3 Å². The Hall–Kier alpha value is -3.80. The summed E-state index contributed by atoms with van der Waals surface area (Å²) >= 11 is 0. The highest BCUT2D eigenvalue weighted by molar-refractivity contribution is 5.97. The topological polar surface area (TPSA) is 76.9 Å². The molecule has 0 saturated carbocycles. The first kappa shape index (κ1) is 20.5. The smallest absolute Gasteiger partial charge is 0.220 e. The fourth-order valence-corrected chi connectivity index (χ4v) is 3.39. The molecule has 0 saturated heterocycles. The Balaban J connectivity index is 1.29. The lowest BCUT2D eigenvalue weighted by Crippen LogP contribution is -2.23. The number of pyridine rings is 1. The number of carbonyl (C=O) groups excluding carboxylic acids is 2. The van der Waals surface area contributed by atoms with Crippen molar-refractivity contribution in [3.8, 4) is 5.82 Å². The first-order chi connectivity index (χ1) is 15.1. The minimum atomic E-state index is -0.150. The molecule has 2 aromatic heterocycles. The summed E-state index contributed by atoms with van der Waals surface area (Å²) in [6.07, 6.45) is 4.79. The Morgan fingerprint density at radius 1 is 0.903 bits per heavy atom. The van der Waals surface area contributed by atoms with Crippen molar-refractivity contribution in [2.45, 2.75) is 32.7 Å². The maximum Gasteiger partial charge on any atom is 0.220 e. The normalized spacial score (nSPS) is 10.9. The molecule has 0 aliphatic rings. The number of carbonyl (C=O) groups is 2. The van der Waals surface area contributed by atoms with Crippen molar-refractivity contribution < 1.29 is 9.59 Å². The SMILES string of the molecule is CCc1ccc(C(=O)CCC(=O)NCc2ccc(-n3cnc4ccccc43)nc2)cc1. The molecule has 0 fully saturated rings. The highest BCUT2D eigenvalue weighted by atomic mass is 16.2. The quantitative estimate of drug-likeness (QED) is 0.439. The molecule has 4 rings (SSSR count). The van der Waals surface area contributed by atoms with Crippen molar-refractivity contribution in [3.63, 3.8) is 0 Å². The van der Waals surface area contributed by atoms with Crippen LogP contribution >= 0.6 is 0 Å². The number of nitrogens with zero attached hydrogens (tertiary/aromatic N) is 3. The van der Waals surface area contributed by atoms with Crippen LogP contribution < -0.4 is 5.32 Å². The molecule has 0 unspecified atom stereocenters. The number of fused-ring (bicyclic) bond motifs is 1. The van der Waals surface area contributed by atoms with Crippen molar-refractivity contribution in [3.05, 3.63) is 89.9 Å². The van der Waals surface area contributed by atoms with Gasteiger partial charge in [-0.25, -0.2) is 9.97 Å². The predicted octanol–water partition coefficient (Wildman–Crippen LogP) is 4.26. The monoisotopic (exact) mass is 412 g/mol. The number of imidazole rings is 1. The molecule has 4 aromatic rings. The molecule has 0 bridgehead atoms. The summed E-state index contributed by atoms with van der Waals surface area (Å²) in [5, 5.41) is 2.86. The Bertz CT molecular complexity index is 1190. The molecular weight excluding hydrogens is 388 g/mol. The van der Waals surface area contributed by atoms with Gasteiger partial charge >= 0.3 is 0 Å². The third-order valence-electron chi connectivity index (χ3n) is 5.26. The summed E-state index contributed by atoms with van der Waals surface area (Å²) in [6, 6.07) is 19.3. The van der Waals surface area contributed by atoms with E-state index in [0.717, 1.165) is 28.8 Å². The second kappa shape index (κ2) is 9.34. The molecular formula is C25H24N4O2. The van der Waals surface area contributed by atoms with E-state index in [-0.39, 0.29) is 24.5 Å². The minimum Gasteiger partial charge on any atom is -0.352 e. The number of hydrogen-bond acceptors (Lipinski definition) is 4. The molecule has 6 nitrogen and oxygen atoms in total. The predicted molar refractivity (Wildman–Crippen MR) is 120 cm³/mol. The van der Waals surface area contributed by atoms with Gasteiger partial charge in [-0.1, -0.05) is 49.4 Å². The standard InChI is InChI=1S/C25H24N4O2/c1-2-18-7-10-20(11-8-18)23(30)12-14-25(31)27-16-19-9-13-24(26-15-19)29-17-28-21-5-3-4-6-22(21)29/h3-11,13,15,17H,2,12,14,16H2,1H3,(H,27,31). The third kappa shape index (κ3) is 4.86. The molecule has 0 aliphatic carbocycles. The lowest BCUT2D eigenvalue weighted by molar-refractivity contribution is -0.121. The second-order valence-electron chi connectivity index (χ2n) is 7.38. The van der Waals surface area contributed by atoms with Crippen LogP contribution in [0.3, 0.4) is 0 Å². The highest BCUT2D eigenvalue weighted by Gasteiger charge is 2.10. The average molecular weight is 412 g/mol. The zero-order chi connectivity index (χ0) is 21.6. The van der Waals surface area contributed by atoms with Gasteiger partial charge in [-0.15, -0.1) is 0 Å². The zero-order valence-electron chi connectivity index (χ0n) is 17.4. The van der Waals surface area contributed by atoms with Gasteiger partial charge in [0.2, 0.25) is 5.91 Å². The van der Waals surface area contributed by atoms with Gasteiger partial charge in [0, 0.05) is 31.1 Å². The van der Waals surface area contributed by atoms with Crippen LogP contribution in [0.25, 0.3) is 16.9 Å². The summed E-state index contributed by atoms with van der Waals surface area (Å²) < 4.78 is 1.93. The van der Waals surface area contributed by atoms with Crippen LogP contribution in [0.2, 0.25) is 0 Å². The molecule has 0 spiro atoms. The van der Waals surface area contributed by atoms with Gasteiger partial charge in [-0.3, -0.25) is 14.2 Å². The van der Waals surface area contributed by atoms with Crippen LogP contribution in [0.5, 0.6) is 0 Å². The minimum absolute atomic E-state index is 0.0172. The van der Waals surface area contributed by atoms with Gasteiger partial charge < -0.3 is 5.32 Å². The van der Waals surface area contributed by atoms with Crippen molar-refractivity contribution in [1.82, 2.24) is 19.9 Å². The molecule has 1 N–H and O–H groups in total. The Labute approximate surface area is 181 Å². The van der Waals surface area contributed by atoms with E-state index >= 15 is 0 Å². The Morgan fingerprint density at radius 2 is 1.68 bits per heavy atom. The van der Waals surface area contributed by atoms with Crippen molar-refractivity contribution in [1.29, 1.82) is 0 Å². The molecule has 1 amide bonds. The van der Waals surface area contributed by atoms with E-state index in [1.807, 2.05) is 65.2 Å². The van der Waals surface area contributed by atoms with E-state index in [2.05, 4.69) is 22.2 Å². The summed E-state index contributed by atoms with van der Waals surface area (Å²) in [4.78, 5) is 33.3. The molecule has 31 heavy (non-hydrogen) atoms. The van der Waals surface area contributed by atoms with Crippen LogP contribution in [0.4, 0.5) is 0 Å². The molecule has 2 heterocycles. The average Bonchev–Trinajstić information content (AvgIpc) is 3.26. The number of benzene rings is 2. The highest BCUT2D eigenvalue weighted by Crippen LogP contribution is 2.16. The van der Waals surface area contributed by atoms with Crippen LogP contribution in [0, 0.1) is 0 Å². The zero-order valence-corrected chi connectivity index (χ0v) is 17.4. The first-order valence-corrected chi connectivity index (χ1v) is 10.4. The Kier molecular flexibility index (Phi) is 6.17. The number of ketones is 1. The van der Waals surface area contributed by atoms with Gasteiger partial charge in [0.25, 0.3) is 0 Å². The summed E-state index contributed by atoms with van der Waals surface area (Å²) in [5.41, 5.74) is 4.64. The van der Waals surface area contributed by atoms with Crippen LogP contribution in [0.15, 0.2) is 73.2 Å². The molecule has 6 heteroatoms. The third-order valence-corrected chi connectivity index (χ3v) is 5.26. The summed E-state index contributed by atoms with van der Waals surface area (Å²) in [5.74, 6) is 0.600. The van der Waals surface area contributed by atoms with Crippen LogP contribution in [-0.2, 0) is 17.8 Å². The molecule has 2 aromatic carbocycles.